The molecule has 1 aliphatic heterocycles. The standard InChI is InChI=1S/C15H28N2O/c1-12(13(2)16)14(18)17-10-8-15(9-11-17)6-4-3-5-7-15/h12-13H,3-11,16H2,1-2H3. The van der Waals surface area contributed by atoms with Gasteiger partial charge in [0.05, 0.1) is 5.92 Å². The SMILES string of the molecule is CC(N)C(C)C(=O)N1CCC2(CCCCC2)CC1. The second-order valence-electron chi connectivity index (χ2n) is 6.53. The third-order valence-electron chi connectivity index (χ3n) is 5.23. The van der Waals surface area contributed by atoms with Gasteiger partial charge in [-0.15, -0.1) is 0 Å². The first-order chi connectivity index (χ1) is 8.54. The van der Waals surface area contributed by atoms with Gasteiger partial charge in [-0.25, -0.2) is 0 Å². The highest BCUT2D eigenvalue weighted by Gasteiger charge is 2.37. The molecule has 0 bridgehead atoms. The van der Waals surface area contributed by atoms with Gasteiger partial charge in [0, 0.05) is 19.1 Å². The molecular formula is C15H28N2O. The van der Waals surface area contributed by atoms with Crippen LogP contribution in [0, 0.1) is 11.3 Å². The molecule has 104 valence electrons. The van der Waals surface area contributed by atoms with Crippen molar-refractivity contribution in [1.82, 2.24) is 4.90 Å². The number of carbonyl (C=O) groups excluding carboxylic acids is 1. The molecule has 0 radical (unpaired) electrons. The van der Waals surface area contributed by atoms with E-state index in [9.17, 15) is 4.79 Å². The van der Waals surface area contributed by atoms with Gasteiger partial charge in [-0.3, -0.25) is 4.79 Å². The molecule has 0 aromatic carbocycles. The van der Waals surface area contributed by atoms with Crippen LogP contribution in [0.3, 0.4) is 0 Å². The van der Waals surface area contributed by atoms with Crippen LogP contribution in [0.15, 0.2) is 0 Å². The van der Waals surface area contributed by atoms with Crippen LogP contribution in [0.1, 0.15) is 58.8 Å². The number of piperidine rings is 1. The summed E-state index contributed by atoms with van der Waals surface area (Å²) < 4.78 is 0. The fourth-order valence-corrected chi connectivity index (χ4v) is 3.52. The summed E-state index contributed by atoms with van der Waals surface area (Å²) in [5, 5.41) is 0. The fourth-order valence-electron chi connectivity index (χ4n) is 3.52. The summed E-state index contributed by atoms with van der Waals surface area (Å²) >= 11 is 0. The van der Waals surface area contributed by atoms with Gasteiger partial charge in [-0.05, 0) is 38.0 Å². The Kier molecular flexibility index (Phi) is 4.31. The molecule has 0 aromatic heterocycles. The predicted octanol–water partition coefficient (Wildman–Crippen LogP) is 2.54. The van der Waals surface area contributed by atoms with E-state index in [-0.39, 0.29) is 17.9 Å². The molecule has 1 spiro atoms. The smallest absolute Gasteiger partial charge is 0.226 e. The minimum atomic E-state index is -0.0388. The van der Waals surface area contributed by atoms with E-state index in [0.717, 1.165) is 13.1 Å². The average Bonchev–Trinajstić information content (AvgIpc) is 2.39. The number of hydrogen-bond acceptors (Lipinski definition) is 2. The van der Waals surface area contributed by atoms with E-state index in [1.54, 1.807) is 0 Å². The second-order valence-corrected chi connectivity index (χ2v) is 6.53. The molecule has 2 rings (SSSR count). The van der Waals surface area contributed by atoms with Crippen LogP contribution >= 0.6 is 0 Å². The van der Waals surface area contributed by atoms with Crippen molar-refractivity contribution in [1.29, 1.82) is 0 Å². The van der Waals surface area contributed by atoms with Gasteiger partial charge in [0.25, 0.3) is 0 Å². The van der Waals surface area contributed by atoms with Crippen LogP contribution in [-0.4, -0.2) is 29.9 Å². The molecule has 1 saturated heterocycles. The predicted molar refractivity (Wildman–Crippen MR) is 74.1 cm³/mol. The lowest BCUT2D eigenvalue weighted by Crippen LogP contribution is -2.48. The van der Waals surface area contributed by atoms with Crippen molar-refractivity contribution in [3.05, 3.63) is 0 Å². The van der Waals surface area contributed by atoms with Crippen molar-refractivity contribution >= 4 is 5.91 Å². The zero-order valence-corrected chi connectivity index (χ0v) is 12.0. The average molecular weight is 252 g/mol. The van der Waals surface area contributed by atoms with Gasteiger partial charge in [-0.2, -0.15) is 0 Å². The molecule has 18 heavy (non-hydrogen) atoms. The van der Waals surface area contributed by atoms with E-state index < -0.39 is 0 Å². The number of amides is 1. The van der Waals surface area contributed by atoms with Gasteiger partial charge in [-0.1, -0.05) is 26.2 Å². The van der Waals surface area contributed by atoms with E-state index in [2.05, 4.69) is 0 Å². The Morgan fingerprint density at radius 1 is 1.06 bits per heavy atom. The molecule has 3 nitrogen and oxygen atoms in total. The van der Waals surface area contributed by atoms with Gasteiger partial charge in [0.15, 0.2) is 0 Å². The van der Waals surface area contributed by atoms with Crippen molar-refractivity contribution < 1.29 is 4.79 Å². The number of rotatable bonds is 2. The molecule has 0 aromatic rings. The molecule has 1 saturated carbocycles. The summed E-state index contributed by atoms with van der Waals surface area (Å²) in [5.74, 6) is 0.223. The van der Waals surface area contributed by atoms with Gasteiger partial charge >= 0.3 is 0 Å². The molecule has 1 heterocycles. The summed E-state index contributed by atoms with van der Waals surface area (Å²) in [6, 6.07) is -0.0388. The Hall–Kier alpha value is -0.570. The second kappa shape index (κ2) is 5.60. The summed E-state index contributed by atoms with van der Waals surface area (Å²) in [7, 11) is 0. The monoisotopic (exact) mass is 252 g/mol. The molecule has 1 amide bonds. The highest BCUT2D eigenvalue weighted by molar-refractivity contribution is 5.79. The first-order valence-corrected chi connectivity index (χ1v) is 7.58. The van der Waals surface area contributed by atoms with E-state index in [1.807, 2.05) is 18.7 Å². The van der Waals surface area contributed by atoms with E-state index in [4.69, 9.17) is 5.73 Å². The van der Waals surface area contributed by atoms with Crippen molar-refractivity contribution in [2.24, 2.45) is 17.1 Å². The summed E-state index contributed by atoms with van der Waals surface area (Å²) in [4.78, 5) is 14.3. The van der Waals surface area contributed by atoms with Crippen molar-refractivity contribution in [3.63, 3.8) is 0 Å². The van der Waals surface area contributed by atoms with E-state index in [1.165, 1.54) is 44.9 Å². The lowest BCUT2D eigenvalue weighted by Gasteiger charge is -2.45. The highest BCUT2D eigenvalue weighted by atomic mass is 16.2. The fraction of sp³-hybridized carbons (Fsp3) is 0.933. The van der Waals surface area contributed by atoms with Crippen molar-refractivity contribution in [2.45, 2.75) is 64.8 Å². The summed E-state index contributed by atoms with van der Waals surface area (Å²) in [5.41, 5.74) is 6.41. The van der Waals surface area contributed by atoms with Crippen LogP contribution in [0.4, 0.5) is 0 Å². The number of nitrogens with two attached hydrogens (primary N) is 1. The first-order valence-electron chi connectivity index (χ1n) is 7.58. The molecule has 2 fully saturated rings. The molecular weight excluding hydrogens is 224 g/mol. The summed E-state index contributed by atoms with van der Waals surface area (Å²) in [6.45, 7) is 5.79. The maximum Gasteiger partial charge on any atom is 0.226 e. The normalized spacial score (nSPS) is 26.9. The zero-order valence-electron chi connectivity index (χ0n) is 12.0. The number of carbonyl (C=O) groups is 1. The van der Waals surface area contributed by atoms with Gasteiger partial charge in [0.1, 0.15) is 0 Å². The Morgan fingerprint density at radius 3 is 2.11 bits per heavy atom. The molecule has 2 atom stereocenters. The lowest BCUT2D eigenvalue weighted by molar-refractivity contribution is -0.138. The molecule has 2 unspecified atom stereocenters. The minimum Gasteiger partial charge on any atom is -0.342 e. The topological polar surface area (TPSA) is 46.3 Å². The lowest BCUT2D eigenvalue weighted by atomic mass is 9.68. The van der Waals surface area contributed by atoms with Gasteiger partial charge in [0.2, 0.25) is 5.91 Å². The van der Waals surface area contributed by atoms with Crippen molar-refractivity contribution in [2.75, 3.05) is 13.1 Å². The van der Waals surface area contributed by atoms with E-state index >= 15 is 0 Å². The van der Waals surface area contributed by atoms with Crippen LogP contribution in [-0.2, 0) is 4.79 Å². The van der Waals surface area contributed by atoms with Crippen LogP contribution in [0.25, 0.3) is 0 Å². The third kappa shape index (κ3) is 2.87. The van der Waals surface area contributed by atoms with Crippen molar-refractivity contribution in [3.8, 4) is 0 Å². The maximum atomic E-state index is 12.3. The third-order valence-corrected chi connectivity index (χ3v) is 5.23. The Morgan fingerprint density at radius 2 is 1.61 bits per heavy atom. The Bertz CT molecular complexity index is 285. The maximum absolute atomic E-state index is 12.3. The minimum absolute atomic E-state index is 0.0367. The Labute approximate surface area is 111 Å². The van der Waals surface area contributed by atoms with Crippen LogP contribution < -0.4 is 5.73 Å². The molecule has 1 aliphatic carbocycles. The zero-order chi connectivity index (χ0) is 13.2. The quantitative estimate of drug-likeness (QED) is 0.821. The Balaban J connectivity index is 1.88. The van der Waals surface area contributed by atoms with Crippen LogP contribution in [0.5, 0.6) is 0 Å². The van der Waals surface area contributed by atoms with E-state index in [0.29, 0.717) is 5.41 Å². The largest absolute Gasteiger partial charge is 0.342 e. The number of nitrogens with zero attached hydrogens (tertiary/aromatic N) is 1. The molecule has 2 aliphatic rings. The molecule has 2 N–H and O–H groups in total. The highest BCUT2D eigenvalue weighted by Crippen LogP contribution is 2.44. The van der Waals surface area contributed by atoms with Gasteiger partial charge < -0.3 is 10.6 Å². The first kappa shape index (κ1) is 13.9. The number of hydrogen-bond donors (Lipinski definition) is 1. The molecule has 3 heteroatoms. The van der Waals surface area contributed by atoms with Crippen LogP contribution in [0.2, 0.25) is 0 Å². The number of likely N-dealkylation sites (tertiary alicyclic amines) is 1. The summed E-state index contributed by atoms with van der Waals surface area (Å²) in [6.07, 6.45) is 9.39.